The van der Waals surface area contributed by atoms with Gasteiger partial charge in [-0.3, -0.25) is 0 Å². The number of oxime groups is 1. The van der Waals surface area contributed by atoms with E-state index in [0.29, 0.717) is 11.3 Å². The maximum atomic E-state index is 13.9. The number of rotatable bonds is 3. The highest BCUT2D eigenvalue weighted by Crippen LogP contribution is 2.30. The van der Waals surface area contributed by atoms with Gasteiger partial charge >= 0.3 is 0 Å². The second-order valence-electron chi connectivity index (χ2n) is 4.23. The van der Waals surface area contributed by atoms with Crippen molar-refractivity contribution >= 4 is 17.4 Å². The van der Waals surface area contributed by atoms with Gasteiger partial charge in [0.05, 0.1) is 16.3 Å². The Bertz CT molecular complexity index is 722. The minimum atomic E-state index is -0.732. The highest BCUT2D eigenvalue weighted by Gasteiger charge is 2.19. The number of halogens is 2. The van der Waals surface area contributed by atoms with Crippen LogP contribution in [0.1, 0.15) is 16.8 Å². The minimum Gasteiger partial charge on any atom is -0.434 e. The van der Waals surface area contributed by atoms with E-state index < -0.39 is 5.82 Å². The molecule has 0 bridgehead atoms. The Balaban J connectivity index is 2.55. The number of nitrogens with two attached hydrogens (primary N) is 1. The summed E-state index contributed by atoms with van der Waals surface area (Å²) in [6.45, 7) is 3.42. The Kier molecular flexibility index (Phi) is 4.23. The zero-order valence-electron chi connectivity index (χ0n) is 11.3. The van der Waals surface area contributed by atoms with Crippen LogP contribution in [0.2, 0.25) is 5.02 Å². The molecule has 0 saturated heterocycles. The molecular formula is C13H12ClFN4O2. The zero-order valence-corrected chi connectivity index (χ0v) is 12.0. The SMILES string of the molecule is Cc1nnc(Oc2cccc(Cl)c2F)c(/C(N)=N/O)c1C. The Morgan fingerprint density at radius 2 is 2.10 bits per heavy atom. The van der Waals surface area contributed by atoms with E-state index in [1.54, 1.807) is 13.8 Å². The summed E-state index contributed by atoms with van der Waals surface area (Å²) < 4.78 is 19.2. The van der Waals surface area contributed by atoms with Gasteiger partial charge in [0.2, 0.25) is 5.88 Å². The largest absolute Gasteiger partial charge is 0.434 e. The molecule has 0 aliphatic rings. The molecule has 2 aromatic rings. The zero-order chi connectivity index (χ0) is 15.6. The third-order valence-electron chi connectivity index (χ3n) is 2.91. The minimum absolute atomic E-state index is 0.0745. The second kappa shape index (κ2) is 5.92. The normalized spacial score (nSPS) is 11.5. The van der Waals surface area contributed by atoms with Gasteiger partial charge in [-0.25, -0.2) is 4.39 Å². The van der Waals surface area contributed by atoms with Crippen molar-refractivity contribution in [2.24, 2.45) is 10.9 Å². The lowest BCUT2D eigenvalue weighted by molar-refractivity contribution is 0.318. The third kappa shape index (κ3) is 2.87. The number of hydrogen-bond donors (Lipinski definition) is 2. The van der Waals surface area contributed by atoms with Crippen LogP contribution in [0, 0.1) is 19.7 Å². The standard InChI is InChI=1S/C13H12ClFN4O2/c1-6-7(2)17-18-13(10(6)12(16)19-20)21-9-5-3-4-8(14)11(9)15/h3-5,20H,1-2H3,(H2,16,19). The molecule has 0 aliphatic carbocycles. The van der Waals surface area contributed by atoms with Gasteiger partial charge in [-0.2, -0.15) is 5.10 Å². The molecule has 0 atom stereocenters. The molecule has 0 unspecified atom stereocenters. The number of aromatic nitrogens is 2. The van der Waals surface area contributed by atoms with Crippen LogP contribution in [0.3, 0.4) is 0 Å². The van der Waals surface area contributed by atoms with Gasteiger partial charge in [0, 0.05) is 0 Å². The molecule has 1 aromatic heterocycles. The van der Waals surface area contributed by atoms with Gasteiger partial charge in [0.25, 0.3) is 0 Å². The Hall–Kier alpha value is -2.41. The molecule has 2 rings (SSSR count). The number of nitrogens with zero attached hydrogens (tertiary/aromatic N) is 3. The molecular weight excluding hydrogens is 299 g/mol. The number of hydrogen-bond acceptors (Lipinski definition) is 5. The lowest BCUT2D eigenvalue weighted by Crippen LogP contribution is -2.18. The lowest BCUT2D eigenvalue weighted by atomic mass is 10.1. The van der Waals surface area contributed by atoms with Gasteiger partial charge < -0.3 is 15.7 Å². The molecule has 0 fully saturated rings. The highest BCUT2D eigenvalue weighted by molar-refractivity contribution is 6.30. The van der Waals surface area contributed by atoms with Crippen LogP contribution in [0.15, 0.2) is 23.4 Å². The van der Waals surface area contributed by atoms with E-state index >= 15 is 0 Å². The van der Waals surface area contributed by atoms with Crippen molar-refractivity contribution in [2.45, 2.75) is 13.8 Å². The summed E-state index contributed by atoms with van der Waals surface area (Å²) in [5, 5.41) is 19.4. The van der Waals surface area contributed by atoms with Crippen LogP contribution in [0.5, 0.6) is 11.6 Å². The summed E-state index contributed by atoms with van der Waals surface area (Å²) in [4.78, 5) is 0. The molecule has 0 amide bonds. The van der Waals surface area contributed by atoms with Crippen LogP contribution in [0.4, 0.5) is 4.39 Å². The molecule has 0 aliphatic heterocycles. The van der Waals surface area contributed by atoms with Gasteiger partial charge in [-0.05, 0) is 31.5 Å². The van der Waals surface area contributed by atoms with Crippen molar-refractivity contribution in [1.29, 1.82) is 0 Å². The average molecular weight is 311 g/mol. The molecule has 110 valence electrons. The Morgan fingerprint density at radius 3 is 2.76 bits per heavy atom. The fraction of sp³-hybridized carbons (Fsp3) is 0.154. The fourth-order valence-corrected chi connectivity index (χ4v) is 1.84. The maximum Gasteiger partial charge on any atom is 0.250 e. The predicted octanol–water partition coefficient (Wildman–Crippen LogP) is 2.77. The summed E-state index contributed by atoms with van der Waals surface area (Å²) in [6.07, 6.45) is 0. The summed E-state index contributed by atoms with van der Waals surface area (Å²) in [5.41, 5.74) is 7.05. The molecule has 0 spiro atoms. The van der Waals surface area contributed by atoms with E-state index in [9.17, 15) is 4.39 Å². The van der Waals surface area contributed by atoms with E-state index in [-0.39, 0.29) is 28.1 Å². The van der Waals surface area contributed by atoms with Gasteiger partial charge in [0.15, 0.2) is 17.4 Å². The second-order valence-corrected chi connectivity index (χ2v) is 4.64. The van der Waals surface area contributed by atoms with Crippen molar-refractivity contribution in [3.8, 4) is 11.6 Å². The lowest BCUT2D eigenvalue weighted by Gasteiger charge is -2.12. The molecule has 1 aromatic carbocycles. The van der Waals surface area contributed by atoms with Crippen molar-refractivity contribution in [1.82, 2.24) is 10.2 Å². The van der Waals surface area contributed by atoms with E-state index in [2.05, 4.69) is 15.4 Å². The van der Waals surface area contributed by atoms with Crippen molar-refractivity contribution in [3.05, 3.63) is 45.9 Å². The van der Waals surface area contributed by atoms with Gasteiger partial charge in [0.1, 0.15) is 0 Å². The monoisotopic (exact) mass is 310 g/mol. The summed E-state index contributed by atoms with van der Waals surface area (Å²) in [7, 11) is 0. The molecule has 0 saturated carbocycles. The van der Waals surface area contributed by atoms with Crippen LogP contribution >= 0.6 is 11.6 Å². The first-order chi connectivity index (χ1) is 9.95. The summed E-state index contributed by atoms with van der Waals surface area (Å²) in [6, 6.07) is 4.30. The number of benzene rings is 1. The van der Waals surface area contributed by atoms with E-state index in [1.165, 1.54) is 18.2 Å². The Morgan fingerprint density at radius 1 is 1.38 bits per heavy atom. The number of aryl methyl sites for hydroxylation is 1. The van der Waals surface area contributed by atoms with E-state index in [1.807, 2.05) is 0 Å². The van der Waals surface area contributed by atoms with E-state index in [0.717, 1.165) is 0 Å². The third-order valence-corrected chi connectivity index (χ3v) is 3.20. The number of ether oxygens (including phenoxy) is 1. The predicted molar refractivity (Wildman–Crippen MR) is 75.5 cm³/mol. The number of amidine groups is 1. The van der Waals surface area contributed by atoms with Gasteiger partial charge in [-0.15, -0.1) is 5.10 Å². The van der Waals surface area contributed by atoms with Crippen LogP contribution in [0.25, 0.3) is 0 Å². The molecule has 21 heavy (non-hydrogen) atoms. The molecule has 8 heteroatoms. The highest BCUT2D eigenvalue weighted by atomic mass is 35.5. The molecule has 1 heterocycles. The summed E-state index contributed by atoms with van der Waals surface area (Å²) >= 11 is 5.69. The topological polar surface area (TPSA) is 93.6 Å². The van der Waals surface area contributed by atoms with Crippen molar-refractivity contribution in [3.63, 3.8) is 0 Å². The first-order valence-electron chi connectivity index (χ1n) is 5.89. The van der Waals surface area contributed by atoms with Crippen LogP contribution in [-0.4, -0.2) is 21.2 Å². The maximum absolute atomic E-state index is 13.9. The smallest absolute Gasteiger partial charge is 0.250 e. The van der Waals surface area contributed by atoms with Gasteiger partial charge in [-0.1, -0.05) is 22.8 Å². The van der Waals surface area contributed by atoms with E-state index in [4.69, 9.17) is 27.3 Å². The first kappa shape index (κ1) is 15.0. The first-order valence-corrected chi connectivity index (χ1v) is 6.27. The quantitative estimate of drug-likeness (QED) is 0.393. The Labute approximate surface area is 125 Å². The molecule has 6 nitrogen and oxygen atoms in total. The van der Waals surface area contributed by atoms with Crippen molar-refractivity contribution in [2.75, 3.05) is 0 Å². The fourth-order valence-electron chi connectivity index (χ4n) is 1.68. The summed E-state index contributed by atoms with van der Waals surface area (Å²) in [5.74, 6) is -1.14. The molecule has 3 N–H and O–H groups in total. The van der Waals surface area contributed by atoms with Crippen molar-refractivity contribution < 1.29 is 14.3 Å². The van der Waals surface area contributed by atoms with Crippen LogP contribution < -0.4 is 10.5 Å². The average Bonchev–Trinajstić information content (AvgIpc) is 2.47. The van der Waals surface area contributed by atoms with Crippen LogP contribution in [-0.2, 0) is 0 Å². The molecule has 0 radical (unpaired) electrons.